The molecule has 0 aliphatic heterocycles. The molecule has 2 fully saturated rings. The van der Waals surface area contributed by atoms with Crippen LogP contribution >= 0.6 is 0 Å². The molecule has 0 radical (unpaired) electrons. The molecule has 70 valence electrons. The molecule has 12 heavy (non-hydrogen) atoms. The van der Waals surface area contributed by atoms with Crippen molar-refractivity contribution in [3.63, 3.8) is 0 Å². The fraction of sp³-hybridized carbons (Fsp3) is 1.00. The quantitative estimate of drug-likeness (QED) is 0.638. The zero-order valence-electron chi connectivity index (χ0n) is 8.40. The van der Waals surface area contributed by atoms with Crippen LogP contribution < -0.4 is 5.73 Å². The van der Waals surface area contributed by atoms with E-state index >= 15 is 0 Å². The standard InChI is InChI=1S/C11H21N/c1-10(2)6-3-7-11(12,8-10)9-4-5-9/h9H,3-8,12H2,1-2H3. The van der Waals surface area contributed by atoms with E-state index in [9.17, 15) is 0 Å². The highest BCUT2D eigenvalue weighted by atomic mass is 14.8. The summed E-state index contributed by atoms with van der Waals surface area (Å²) in [5.41, 5.74) is 7.17. The average molecular weight is 167 g/mol. The van der Waals surface area contributed by atoms with E-state index in [0.29, 0.717) is 5.41 Å². The topological polar surface area (TPSA) is 26.0 Å². The molecule has 0 aromatic carbocycles. The third-order valence-corrected chi connectivity index (χ3v) is 3.69. The first-order chi connectivity index (χ1) is 5.52. The number of hydrogen-bond donors (Lipinski definition) is 1. The van der Waals surface area contributed by atoms with Crippen molar-refractivity contribution in [3.8, 4) is 0 Å². The molecule has 2 aliphatic rings. The van der Waals surface area contributed by atoms with E-state index in [-0.39, 0.29) is 5.54 Å². The van der Waals surface area contributed by atoms with Crippen LogP contribution in [0.15, 0.2) is 0 Å². The molecule has 0 bridgehead atoms. The highest BCUT2D eigenvalue weighted by molar-refractivity contribution is 5.03. The largest absolute Gasteiger partial charge is 0.325 e. The molecule has 1 unspecified atom stereocenters. The number of hydrogen-bond acceptors (Lipinski definition) is 1. The Balaban J connectivity index is 2.06. The molecule has 2 saturated carbocycles. The van der Waals surface area contributed by atoms with Crippen LogP contribution in [0.25, 0.3) is 0 Å². The van der Waals surface area contributed by atoms with Crippen LogP contribution in [-0.4, -0.2) is 5.54 Å². The van der Waals surface area contributed by atoms with Crippen molar-refractivity contribution in [1.82, 2.24) is 0 Å². The van der Waals surface area contributed by atoms with E-state index in [0.717, 1.165) is 5.92 Å². The molecule has 0 saturated heterocycles. The maximum Gasteiger partial charge on any atom is 0.0187 e. The highest BCUT2D eigenvalue weighted by Crippen LogP contribution is 2.50. The van der Waals surface area contributed by atoms with Crippen LogP contribution in [0.5, 0.6) is 0 Å². The van der Waals surface area contributed by atoms with E-state index in [1.807, 2.05) is 0 Å². The van der Waals surface area contributed by atoms with Crippen LogP contribution in [0, 0.1) is 11.3 Å². The Morgan fingerprint density at radius 1 is 1.17 bits per heavy atom. The van der Waals surface area contributed by atoms with Gasteiger partial charge in [0.25, 0.3) is 0 Å². The first-order valence-electron chi connectivity index (χ1n) is 5.31. The van der Waals surface area contributed by atoms with Gasteiger partial charge in [-0.2, -0.15) is 0 Å². The molecule has 0 amide bonds. The maximum atomic E-state index is 6.44. The Labute approximate surface area is 75.7 Å². The Kier molecular flexibility index (Phi) is 1.76. The number of rotatable bonds is 1. The Bertz CT molecular complexity index is 181. The van der Waals surface area contributed by atoms with Crippen LogP contribution in [0.4, 0.5) is 0 Å². The van der Waals surface area contributed by atoms with Gasteiger partial charge >= 0.3 is 0 Å². The lowest BCUT2D eigenvalue weighted by atomic mass is 9.66. The van der Waals surface area contributed by atoms with Crippen molar-refractivity contribution < 1.29 is 0 Å². The summed E-state index contributed by atoms with van der Waals surface area (Å²) >= 11 is 0. The van der Waals surface area contributed by atoms with Gasteiger partial charge in [-0.1, -0.05) is 20.3 Å². The summed E-state index contributed by atoms with van der Waals surface area (Å²) < 4.78 is 0. The van der Waals surface area contributed by atoms with Crippen LogP contribution in [0.2, 0.25) is 0 Å². The first kappa shape index (κ1) is 8.55. The van der Waals surface area contributed by atoms with Gasteiger partial charge in [0.15, 0.2) is 0 Å². The Morgan fingerprint density at radius 3 is 2.33 bits per heavy atom. The summed E-state index contributed by atoms with van der Waals surface area (Å²) in [5.74, 6) is 0.872. The van der Waals surface area contributed by atoms with Crippen LogP contribution in [0.1, 0.15) is 52.4 Å². The normalized spacial score (nSPS) is 41.2. The van der Waals surface area contributed by atoms with Gasteiger partial charge in [-0.25, -0.2) is 0 Å². The molecule has 0 aromatic rings. The van der Waals surface area contributed by atoms with Gasteiger partial charge in [-0.3, -0.25) is 0 Å². The molecule has 2 aliphatic carbocycles. The Hall–Kier alpha value is -0.0400. The third kappa shape index (κ3) is 1.52. The summed E-state index contributed by atoms with van der Waals surface area (Å²) in [6.07, 6.45) is 8.05. The molecule has 2 rings (SSSR count). The van der Waals surface area contributed by atoms with Crippen molar-refractivity contribution in [2.24, 2.45) is 17.1 Å². The van der Waals surface area contributed by atoms with Crippen molar-refractivity contribution in [2.45, 2.75) is 57.9 Å². The predicted octanol–water partition coefficient (Wildman–Crippen LogP) is 2.69. The van der Waals surface area contributed by atoms with Gasteiger partial charge in [0, 0.05) is 5.54 Å². The van der Waals surface area contributed by atoms with E-state index in [1.165, 1.54) is 38.5 Å². The lowest BCUT2D eigenvalue weighted by Gasteiger charge is -2.43. The SMILES string of the molecule is CC1(C)CCCC(N)(C2CC2)C1. The predicted molar refractivity (Wildman–Crippen MR) is 51.9 cm³/mol. The minimum Gasteiger partial charge on any atom is -0.325 e. The molecule has 0 heterocycles. The molecule has 0 aromatic heterocycles. The van der Waals surface area contributed by atoms with Crippen molar-refractivity contribution in [3.05, 3.63) is 0 Å². The first-order valence-corrected chi connectivity index (χ1v) is 5.31. The molecule has 0 spiro atoms. The summed E-state index contributed by atoms with van der Waals surface area (Å²) in [6.45, 7) is 4.74. The fourth-order valence-corrected chi connectivity index (χ4v) is 2.97. The van der Waals surface area contributed by atoms with Crippen molar-refractivity contribution in [2.75, 3.05) is 0 Å². The molecule has 1 nitrogen and oxygen atoms in total. The van der Waals surface area contributed by atoms with Gasteiger partial charge in [0.2, 0.25) is 0 Å². The van der Waals surface area contributed by atoms with Gasteiger partial charge in [0.05, 0.1) is 0 Å². The smallest absolute Gasteiger partial charge is 0.0187 e. The second-order valence-electron chi connectivity index (χ2n) is 5.70. The third-order valence-electron chi connectivity index (χ3n) is 3.69. The maximum absolute atomic E-state index is 6.44. The van der Waals surface area contributed by atoms with Gasteiger partial charge in [-0.15, -0.1) is 0 Å². The van der Waals surface area contributed by atoms with E-state index in [1.54, 1.807) is 0 Å². The van der Waals surface area contributed by atoms with Gasteiger partial charge < -0.3 is 5.73 Å². The van der Waals surface area contributed by atoms with Gasteiger partial charge in [-0.05, 0) is 43.4 Å². The molecule has 2 N–H and O–H groups in total. The Morgan fingerprint density at radius 2 is 1.83 bits per heavy atom. The molecular weight excluding hydrogens is 146 g/mol. The van der Waals surface area contributed by atoms with Gasteiger partial charge in [0.1, 0.15) is 0 Å². The number of nitrogens with two attached hydrogens (primary N) is 1. The minimum absolute atomic E-state index is 0.224. The molecule has 1 heteroatoms. The van der Waals surface area contributed by atoms with E-state index < -0.39 is 0 Å². The summed E-state index contributed by atoms with van der Waals surface area (Å²) in [6, 6.07) is 0. The van der Waals surface area contributed by atoms with Crippen LogP contribution in [-0.2, 0) is 0 Å². The highest BCUT2D eigenvalue weighted by Gasteiger charge is 2.46. The molecular formula is C11H21N. The zero-order valence-corrected chi connectivity index (χ0v) is 8.40. The zero-order chi connectivity index (χ0) is 8.82. The van der Waals surface area contributed by atoms with Crippen molar-refractivity contribution >= 4 is 0 Å². The second kappa shape index (κ2) is 2.47. The minimum atomic E-state index is 0.224. The summed E-state index contributed by atoms with van der Waals surface area (Å²) in [7, 11) is 0. The van der Waals surface area contributed by atoms with E-state index in [4.69, 9.17) is 5.73 Å². The van der Waals surface area contributed by atoms with E-state index in [2.05, 4.69) is 13.8 Å². The lowest BCUT2D eigenvalue weighted by Crippen LogP contribution is -2.48. The fourth-order valence-electron chi connectivity index (χ4n) is 2.97. The monoisotopic (exact) mass is 167 g/mol. The average Bonchev–Trinajstić information content (AvgIpc) is 2.62. The second-order valence-corrected chi connectivity index (χ2v) is 5.70. The molecule has 1 atom stereocenters. The van der Waals surface area contributed by atoms with Crippen molar-refractivity contribution in [1.29, 1.82) is 0 Å². The van der Waals surface area contributed by atoms with Crippen LogP contribution in [0.3, 0.4) is 0 Å². The summed E-state index contributed by atoms with van der Waals surface area (Å²) in [5, 5.41) is 0. The lowest BCUT2D eigenvalue weighted by molar-refractivity contribution is 0.134. The summed E-state index contributed by atoms with van der Waals surface area (Å²) in [4.78, 5) is 0.